The third kappa shape index (κ3) is 3.89. The van der Waals surface area contributed by atoms with Gasteiger partial charge in [0.1, 0.15) is 0 Å². The second-order valence-corrected chi connectivity index (χ2v) is 7.44. The number of rotatable bonds is 4. The van der Waals surface area contributed by atoms with Crippen molar-refractivity contribution in [3.63, 3.8) is 0 Å². The lowest BCUT2D eigenvalue weighted by Crippen LogP contribution is -2.38. The molecule has 104 valence electrons. The summed E-state index contributed by atoms with van der Waals surface area (Å²) in [5.74, 6) is 1.06. The van der Waals surface area contributed by atoms with Gasteiger partial charge in [0.15, 0.2) is 0 Å². The molecule has 1 aliphatic rings. The molecule has 1 aliphatic carbocycles. The fourth-order valence-electron chi connectivity index (χ4n) is 2.42. The van der Waals surface area contributed by atoms with E-state index < -0.39 is 0 Å². The number of halogens is 2. The number of amides is 1. The van der Waals surface area contributed by atoms with E-state index in [-0.39, 0.29) is 11.9 Å². The van der Waals surface area contributed by atoms with Crippen LogP contribution in [0.3, 0.4) is 0 Å². The van der Waals surface area contributed by atoms with Gasteiger partial charge in [0, 0.05) is 20.8 Å². The highest BCUT2D eigenvalue weighted by atomic mass is 79.9. The molecule has 19 heavy (non-hydrogen) atoms. The first kappa shape index (κ1) is 15.2. The normalized spacial score (nSPS) is 22.5. The molecule has 0 bridgehead atoms. The molecular formula is C14H17BrClNOS. The van der Waals surface area contributed by atoms with Gasteiger partial charge in [-0.1, -0.05) is 24.9 Å². The van der Waals surface area contributed by atoms with Gasteiger partial charge in [-0.2, -0.15) is 11.8 Å². The monoisotopic (exact) mass is 361 g/mol. The van der Waals surface area contributed by atoms with E-state index in [9.17, 15) is 4.79 Å². The van der Waals surface area contributed by atoms with Crippen molar-refractivity contribution < 1.29 is 4.79 Å². The molecule has 0 spiro atoms. The van der Waals surface area contributed by atoms with Crippen LogP contribution in [0.25, 0.3) is 0 Å². The van der Waals surface area contributed by atoms with Crippen LogP contribution < -0.4 is 5.32 Å². The summed E-state index contributed by atoms with van der Waals surface area (Å²) in [4.78, 5) is 12.3. The van der Waals surface area contributed by atoms with Crippen LogP contribution in [-0.2, 0) is 0 Å². The molecular weight excluding hydrogens is 346 g/mol. The summed E-state index contributed by atoms with van der Waals surface area (Å²) in [7, 11) is 0. The number of hydrogen-bond acceptors (Lipinski definition) is 2. The van der Waals surface area contributed by atoms with Gasteiger partial charge in [-0.3, -0.25) is 4.79 Å². The van der Waals surface area contributed by atoms with Crippen LogP contribution in [0, 0.1) is 0 Å². The highest BCUT2D eigenvalue weighted by Crippen LogP contribution is 2.30. The zero-order chi connectivity index (χ0) is 13.8. The first-order chi connectivity index (χ1) is 9.11. The average molecular weight is 363 g/mol. The summed E-state index contributed by atoms with van der Waals surface area (Å²) in [5.41, 5.74) is 0.611. The Balaban J connectivity index is 2.06. The van der Waals surface area contributed by atoms with Gasteiger partial charge >= 0.3 is 0 Å². The van der Waals surface area contributed by atoms with Crippen LogP contribution in [0.1, 0.15) is 36.5 Å². The summed E-state index contributed by atoms with van der Waals surface area (Å²) < 4.78 is 0.784. The molecule has 5 heteroatoms. The van der Waals surface area contributed by atoms with Gasteiger partial charge in [0.2, 0.25) is 0 Å². The summed E-state index contributed by atoms with van der Waals surface area (Å²) in [6.07, 6.45) is 3.46. The van der Waals surface area contributed by atoms with Gasteiger partial charge in [-0.05, 0) is 52.7 Å². The molecule has 2 rings (SSSR count). The topological polar surface area (TPSA) is 29.1 Å². The standard InChI is InChI=1S/C14H17BrClNOS/c1-2-19-13-5-3-4-12(13)17-14(18)10-8-9(16)6-7-11(10)15/h6-8,12-13H,2-5H2,1H3,(H,17,18). The molecule has 0 radical (unpaired) electrons. The molecule has 1 fully saturated rings. The van der Waals surface area contributed by atoms with Crippen molar-refractivity contribution in [3.8, 4) is 0 Å². The number of nitrogens with one attached hydrogen (secondary N) is 1. The number of thioether (sulfide) groups is 1. The maximum absolute atomic E-state index is 12.3. The van der Waals surface area contributed by atoms with E-state index in [0.29, 0.717) is 15.8 Å². The maximum atomic E-state index is 12.3. The lowest BCUT2D eigenvalue weighted by molar-refractivity contribution is 0.0938. The van der Waals surface area contributed by atoms with Gasteiger partial charge < -0.3 is 5.32 Å². The second kappa shape index (κ2) is 7.00. The molecule has 2 atom stereocenters. The Morgan fingerprint density at radius 3 is 3.05 bits per heavy atom. The van der Waals surface area contributed by atoms with Gasteiger partial charge in [0.25, 0.3) is 5.91 Å². The Morgan fingerprint density at radius 2 is 2.32 bits per heavy atom. The largest absolute Gasteiger partial charge is 0.348 e. The van der Waals surface area contributed by atoms with Gasteiger partial charge in [-0.25, -0.2) is 0 Å². The average Bonchev–Trinajstić information content (AvgIpc) is 2.80. The van der Waals surface area contributed by atoms with Crippen LogP contribution in [-0.4, -0.2) is 23.0 Å². The Bertz CT molecular complexity index is 469. The first-order valence-electron chi connectivity index (χ1n) is 6.49. The Labute approximate surface area is 131 Å². The highest BCUT2D eigenvalue weighted by molar-refractivity contribution is 9.10. The summed E-state index contributed by atoms with van der Waals surface area (Å²) >= 11 is 11.3. The van der Waals surface area contributed by atoms with Gasteiger partial charge in [-0.15, -0.1) is 0 Å². The molecule has 0 saturated heterocycles. The van der Waals surface area contributed by atoms with Crippen LogP contribution in [0.2, 0.25) is 5.02 Å². The zero-order valence-electron chi connectivity index (χ0n) is 10.8. The minimum Gasteiger partial charge on any atom is -0.348 e. The van der Waals surface area contributed by atoms with Crippen LogP contribution in [0.4, 0.5) is 0 Å². The van der Waals surface area contributed by atoms with Crippen molar-refractivity contribution in [2.45, 2.75) is 37.5 Å². The molecule has 1 amide bonds. The molecule has 2 nitrogen and oxygen atoms in total. The van der Waals surface area contributed by atoms with E-state index in [1.54, 1.807) is 12.1 Å². The maximum Gasteiger partial charge on any atom is 0.252 e. The second-order valence-electron chi connectivity index (χ2n) is 4.63. The molecule has 1 N–H and O–H groups in total. The van der Waals surface area contributed by atoms with E-state index in [1.165, 1.54) is 12.8 Å². The molecule has 0 aromatic heterocycles. The fraction of sp³-hybridized carbons (Fsp3) is 0.500. The zero-order valence-corrected chi connectivity index (χ0v) is 13.9. The molecule has 1 aromatic rings. The van der Waals surface area contributed by atoms with E-state index in [2.05, 4.69) is 28.2 Å². The van der Waals surface area contributed by atoms with E-state index in [4.69, 9.17) is 11.6 Å². The number of carbonyl (C=O) groups excluding carboxylic acids is 1. The third-order valence-electron chi connectivity index (χ3n) is 3.32. The lowest BCUT2D eigenvalue weighted by Gasteiger charge is -2.20. The Hall–Kier alpha value is -0.190. The van der Waals surface area contributed by atoms with Crippen molar-refractivity contribution in [1.29, 1.82) is 0 Å². The predicted octanol–water partition coefficient (Wildman–Crippen LogP) is 4.51. The van der Waals surface area contributed by atoms with Crippen LogP contribution in [0.15, 0.2) is 22.7 Å². The van der Waals surface area contributed by atoms with E-state index >= 15 is 0 Å². The van der Waals surface area contributed by atoms with Crippen molar-refractivity contribution >= 4 is 45.2 Å². The highest BCUT2D eigenvalue weighted by Gasteiger charge is 2.29. The molecule has 1 aromatic carbocycles. The Kier molecular flexibility index (Phi) is 5.60. The predicted molar refractivity (Wildman–Crippen MR) is 86.2 cm³/mol. The molecule has 0 heterocycles. The fourth-order valence-corrected chi connectivity index (χ4v) is 4.22. The van der Waals surface area contributed by atoms with Crippen molar-refractivity contribution in [2.24, 2.45) is 0 Å². The quantitative estimate of drug-likeness (QED) is 0.854. The number of benzene rings is 1. The lowest BCUT2D eigenvalue weighted by atomic mass is 10.2. The molecule has 0 aliphatic heterocycles. The van der Waals surface area contributed by atoms with Crippen LogP contribution >= 0.6 is 39.3 Å². The van der Waals surface area contributed by atoms with E-state index in [1.807, 2.05) is 17.8 Å². The molecule has 1 saturated carbocycles. The first-order valence-corrected chi connectivity index (χ1v) is 8.71. The number of hydrogen-bond donors (Lipinski definition) is 1. The van der Waals surface area contributed by atoms with Crippen molar-refractivity contribution in [3.05, 3.63) is 33.3 Å². The van der Waals surface area contributed by atoms with Crippen molar-refractivity contribution in [2.75, 3.05) is 5.75 Å². The summed E-state index contributed by atoms with van der Waals surface area (Å²) in [6.45, 7) is 2.16. The van der Waals surface area contributed by atoms with Crippen LogP contribution in [0.5, 0.6) is 0 Å². The minimum absolute atomic E-state index is 0.0389. The van der Waals surface area contributed by atoms with E-state index in [0.717, 1.165) is 16.6 Å². The van der Waals surface area contributed by atoms with Crippen molar-refractivity contribution in [1.82, 2.24) is 5.32 Å². The third-order valence-corrected chi connectivity index (χ3v) is 5.58. The van der Waals surface area contributed by atoms with Gasteiger partial charge in [0.05, 0.1) is 5.56 Å². The SMILES string of the molecule is CCSC1CCCC1NC(=O)c1cc(Cl)ccc1Br. The summed E-state index contributed by atoms with van der Waals surface area (Å²) in [5, 5.41) is 4.28. The minimum atomic E-state index is -0.0389. The molecule has 2 unspecified atom stereocenters. The summed E-state index contributed by atoms with van der Waals surface area (Å²) in [6, 6.07) is 5.57. The number of carbonyl (C=O) groups is 1. The Morgan fingerprint density at radius 1 is 1.53 bits per heavy atom. The smallest absolute Gasteiger partial charge is 0.252 e.